The minimum absolute atomic E-state index is 0.189. The molecule has 23 heavy (non-hydrogen) atoms. The third kappa shape index (κ3) is 3.53. The normalized spacial score (nSPS) is 18.0. The van der Waals surface area contributed by atoms with Crippen LogP contribution < -0.4 is 5.32 Å². The van der Waals surface area contributed by atoms with Crippen LogP contribution in [-0.4, -0.2) is 35.7 Å². The average Bonchev–Trinajstić information content (AvgIpc) is 3.04. The van der Waals surface area contributed by atoms with Gasteiger partial charge >= 0.3 is 6.03 Å². The van der Waals surface area contributed by atoms with E-state index in [0.717, 1.165) is 23.6 Å². The molecule has 0 radical (unpaired) electrons. The number of amides is 2. The largest absolute Gasteiger partial charge is 0.464 e. The number of pyridine rings is 1. The molecule has 1 N–H and O–H groups in total. The Labute approximate surface area is 135 Å². The lowest BCUT2D eigenvalue weighted by Crippen LogP contribution is -2.45. The molecule has 1 aliphatic rings. The molecule has 6 heteroatoms. The van der Waals surface area contributed by atoms with Crippen LogP contribution in [0.3, 0.4) is 0 Å². The molecule has 1 fully saturated rings. The van der Waals surface area contributed by atoms with Crippen molar-refractivity contribution in [3.63, 3.8) is 0 Å². The fourth-order valence-corrected chi connectivity index (χ4v) is 2.64. The van der Waals surface area contributed by atoms with Crippen LogP contribution in [0.2, 0.25) is 0 Å². The molecular weight excluding hydrogens is 294 g/mol. The topological polar surface area (TPSA) is 67.6 Å². The fraction of sp³-hybridized carbons (Fsp3) is 0.412. The maximum absolute atomic E-state index is 12.6. The summed E-state index contributed by atoms with van der Waals surface area (Å²) in [6.07, 6.45) is 0.826. The summed E-state index contributed by atoms with van der Waals surface area (Å²) in [4.78, 5) is 18.7. The highest BCUT2D eigenvalue weighted by atomic mass is 16.5. The van der Waals surface area contributed by atoms with E-state index in [1.54, 1.807) is 11.0 Å². The molecule has 1 aliphatic heterocycles. The number of urea groups is 1. The molecule has 1 saturated heterocycles. The molecule has 0 bridgehead atoms. The number of morpholine rings is 1. The molecule has 0 spiro atoms. The molecule has 3 heterocycles. The SMILES string of the molecule is CCc1ccc([C@H]2COCCN2C(=O)Nc2cccc(C)n2)o1. The summed E-state index contributed by atoms with van der Waals surface area (Å²) in [6, 6.07) is 9.00. The van der Waals surface area contributed by atoms with Gasteiger partial charge in [0, 0.05) is 18.7 Å². The van der Waals surface area contributed by atoms with E-state index in [4.69, 9.17) is 9.15 Å². The van der Waals surface area contributed by atoms with Crippen molar-refractivity contribution in [2.75, 3.05) is 25.1 Å². The number of furan rings is 1. The number of carbonyl (C=O) groups excluding carboxylic acids is 1. The van der Waals surface area contributed by atoms with Gasteiger partial charge in [0.2, 0.25) is 0 Å². The van der Waals surface area contributed by atoms with Crippen LogP contribution in [0, 0.1) is 6.92 Å². The van der Waals surface area contributed by atoms with Crippen molar-refractivity contribution in [1.29, 1.82) is 0 Å². The molecule has 3 rings (SSSR count). The lowest BCUT2D eigenvalue weighted by molar-refractivity contribution is 0.00700. The van der Waals surface area contributed by atoms with Crippen LogP contribution in [0.25, 0.3) is 0 Å². The molecule has 6 nitrogen and oxygen atoms in total. The van der Waals surface area contributed by atoms with Crippen molar-refractivity contribution in [2.24, 2.45) is 0 Å². The standard InChI is InChI=1S/C17H21N3O3/c1-3-13-7-8-15(23-13)14-11-22-10-9-20(14)17(21)19-16-6-4-5-12(2)18-16/h4-8,14H,3,9-11H2,1-2H3,(H,18,19,21)/t14-/m1/s1. The van der Waals surface area contributed by atoms with E-state index in [2.05, 4.69) is 10.3 Å². The van der Waals surface area contributed by atoms with Gasteiger partial charge in [0.15, 0.2) is 0 Å². The molecule has 2 aromatic rings. The third-order valence-electron chi connectivity index (χ3n) is 3.87. The van der Waals surface area contributed by atoms with Gasteiger partial charge in [-0.3, -0.25) is 5.32 Å². The van der Waals surface area contributed by atoms with E-state index in [0.29, 0.717) is 25.6 Å². The molecule has 0 unspecified atom stereocenters. The van der Waals surface area contributed by atoms with Crippen molar-refractivity contribution in [3.8, 4) is 0 Å². The number of anilines is 1. The van der Waals surface area contributed by atoms with Crippen LogP contribution in [0.4, 0.5) is 10.6 Å². The van der Waals surface area contributed by atoms with Crippen molar-refractivity contribution in [3.05, 3.63) is 47.5 Å². The first kappa shape index (κ1) is 15.6. The molecule has 2 aromatic heterocycles. The van der Waals surface area contributed by atoms with E-state index in [9.17, 15) is 4.79 Å². The second kappa shape index (κ2) is 6.83. The van der Waals surface area contributed by atoms with Gasteiger partial charge < -0.3 is 14.1 Å². The van der Waals surface area contributed by atoms with Crippen molar-refractivity contribution < 1.29 is 13.9 Å². The van der Waals surface area contributed by atoms with Gasteiger partial charge in [0.25, 0.3) is 0 Å². The Balaban J connectivity index is 1.76. The number of nitrogens with zero attached hydrogens (tertiary/aromatic N) is 2. The summed E-state index contributed by atoms with van der Waals surface area (Å²) < 4.78 is 11.3. The summed E-state index contributed by atoms with van der Waals surface area (Å²) in [5.74, 6) is 2.22. The number of nitrogens with one attached hydrogen (secondary N) is 1. The van der Waals surface area contributed by atoms with E-state index in [1.165, 1.54) is 0 Å². The first-order chi connectivity index (χ1) is 11.2. The van der Waals surface area contributed by atoms with Crippen LogP contribution >= 0.6 is 0 Å². The highest BCUT2D eigenvalue weighted by Gasteiger charge is 2.31. The predicted octanol–water partition coefficient (Wildman–Crippen LogP) is 3.15. The summed E-state index contributed by atoms with van der Waals surface area (Å²) in [7, 11) is 0. The summed E-state index contributed by atoms with van der Waals surface area (Å²) in [6.45, 7) is 5.40. The van der Waals surface area contributed by atoms with Crippen molar-refractivity contribution >= 4 is 11.8 Å². The zero-order valence-electron chi connectivity index (χ0n) is 13.4. The molecule has 122 valence electrons. The number of aryl methyl sites for hydroxylation is 2. The zero-order valence-corrected chi connectivity index (χ0v) is 13.4. The van der Waals surface area contributed by atoms with Crippen molar-refractivity contribution in [1.82, 2.24) is 9.88 Å². The van der Waals surface area contributed by atoms with Crippen LogP contribution in [0.5, 0.6) is 0 Å². The third-order valence-corrected chi connectivity index (χ3v) is 3.87. The number of carbonyl (C=O) groups is 1. The van der Waals surface area contributed by atoms with Crippen LogP contribution in [0.15, 0.2) is 34.7 Å². The Kier molecular flexibility index (Phi) is 4.62. The molecule has 2 amide bonds. The molecular formula is C17H21N3O3. The van der Waals surface area contributed by atoms with E-state index < -0.39 is 0 Å². The maximum Gasteiger partial charge on any atom is 0.323 e. The van der Waals surface area contributed by atoms with Gasteiger partial charge in [-0.1, -0.05) is 13.0 Å². The Morgan fingerprint density at radius 3 is 3.00 bits per heavy atom. The van der Waals surface area contributed by atoms with Gasteiger partial charge in [0.1, 0.15) is 23.4 Å². The van der Waals surface area contributed by atoms with E-state index >= 15 is 0 Å². The highest BCUT2D eigenvalue weighted by Crippen LogP contribution is 2.26. The maximum atomic E-state index is 12.6. The Morgan fingerprint density at radius 2 is 2.26 bits per heavy atom. The Morgan fingerprint density at radius 1 is 1.39 bits per heavy atom. The average molecular weight is 315 g/mol. The summed E-state index contributed by atoms with van der Waals surface area (Å²) >= 11 is 0. The highest BCUT2D eigenvalue weighted by molar-refractivity contribution is 5.88. The lowest BCUT2D eigenvalue weighted by atomic mass is 10.2. The lowest BCUT2D eigenvalue weighted by Gasteiger charge is -2.34. The molecule has 1 atom stereocenters. The monoisotopic (exact) mass is 315 g/mol. The van der Waals surface area contributed by atoms with Gasteiger partial charge in [-0.2, -0.15) is 0 Å². The second-order valence-electron chi connectivity index (χ2n) is 5.54. The van der Waals surface area contributed by atoms with Gasteiger partial charge in [-0.15, -0.1) is 0 Å². The van der Waals surface area contributed by atoms with Crippen LogP contribution in [-0.2, 0) is 11.2 Å². The van der Waals surface area contributed by atoms with Crippen LogP contribution in [0.1, 0.15) is 30.2 Å². The number of aromatic nitrogens is 1. The molecule has 0 aromatic carbocycles. The minimum Gasteiger partial charge on any atom is -0.464 e. The quantitative estimate of drug-likeness (QED) is 0.945. The Hall–Kier alpha value is -2.34. The minimum atomic E-state index is -0.214. The first-order valence-corrected chi connectivity index (χ1v) is 7.85. The zero-order chi connectivity index (χ0) is 16.2. The van der Waals surface area contributed by atoms with E-state index in [-0.39, 0.29) is 12.1 Å². The smallest absolute Gasteiger partial charge is 0.323 e. The number of hydrogen-bond donors (Lipinski definition) is 1. The number of ether oxygens (including phenoxy) is 1. The summed E-state index contributed by atoms with van der Waals surface area (Å²) in [5, 5.41) is 2.85. The Bertz CT molecular complexity index is 683. The number of hydrogen-bond acceptors (Lipinski definition) is 4. The predicted molar refractivity (Wildman–Crippen MR) is 86.3 cm³/mol. The first-order valence-electron chi connectivity index (χ1n) is 7.85. The van der Waals surface area contributed by atoms with Gasteiger partial charge in [0.05, 0.1) is 13.2 Å². The van der Waals surface area contributed by atoms with Gasteiger partial charge in [-0.25, -0.2) is 9.78 Å². The fourth-order valence-electron chi connectivity index (χ4n) is 2.64. The van der Waals surface area contributed by atoms with Crippen molar-refractivity contribution in [2.45, 2.75) is 26.3 Å². The molecule has 0 aliphatic carbocycles. The van der Waals surface area contributed by atoms with E-state index in [1.807, 2.05) is 38.1 Å². The molecule has 0 saturated carbocycles. The summed E-state index contributed by atoms with van der Waals surface area (Å²) in [5.41, 5.74) is 0.861. The number of rotatable bonds is 3. The second-order valence-corrected chi connectivity index (χ2v) is 5.54. The van der Waals surface area contributed by atoms with Gasteiger partial charge in [-0.05, 0) is 31.2 Å².